The van der Waals surface area contributed by atoms with Gasteiger partial charge in [0.15, 0.2) is 0 Å². The van der Waals surface area contributed by atoms with Crippen molar-refractivity contribution in [2.45, 2.75) is 37.1 Å². The molecule has 0 saturated carbocycles. The second-order valence-corrected chi connectivity index (χ2v) is 6.98. The Morgan fingerprint density at radius 1 is 1.50 bits per heavy atom. The van der Waals surface area contributed by atoms with Crippen LogP contribution < -0.4 is 10.6 Å². The summed E-state index contributed by atoms with van der Waals surface area (Å²) in [6.45, 7) is 5.52. The Labute approximate surface area is 140 Å². The zero-order chi connectivity index (χ0) is 16.7. The summed E-state index contributed by atoms with van der Waals surface area (Å²) >= 11 is 3.39. The fraction of sp³-hybridized carbons (Fsp3) is 0.533. The Hall–Kier alpha value is -1.05. The van der Waals surface area contributed by atoms with E-state index in [2.05, 4.69) is 10.1 Å². The van der Waals surface area contributed by atoms with Crippen LogP contribution in [0.3, 0.4) is 0 Å². The molecular formula is C15H23N3O2S2. The van der Waals surface area contributed by atoms with Crippen molar-refractivity contribution in [2.24, 2.45) is 10.9 Å². The highest BCUT2D eigenvalue weighted by Crippen LogP contribution is 2.44. The summed E-state index contributed by atoms with van der Waals surface area (Å²) in [5.41, 5.74) is 7.29. The van der Waals surface area contributed by atoms with Gasteiger partial charge in [0.25, 0.3) is 0 Å². The van der Waals surface area contributed by atoms with Gasteiger partial charge in [0.05, 0.1) is 17.1 Å². The van der Waals surface area contributed by atoms with Gasteiger partial charge >= 0.3 is 0 Å². The Kier molecular flexibility index (Phi) is 7.92. The third-order valence-corrected chi connectivity index (χ3v) is 5.90. The highest BCUT2D eigenvalue weighted by Gasteiger charge is 2.27. The van der Waals surface area contributed by atoms with Gasteiger partial charge in [0.2, 0.25) is 0 Å². The van der Waals surface area contributed by atoms with E-state index >= 15 is 0 Å². The number of carbonyl (C=O) groups excluding carboxylic acids is 1. The maximum absolute atomic E-state index is 11.1. The predicted molar refractivity (Wildman–Crippen MR) is 97.3 cm³/mol. The number of anilines is 1. The molecule has 2 N–H and O–H groups in total. The monoisotopic (exact) mass is 341 g/mol. The molecular weight excluding hydrogens is 318 g/mol. The van der Waals surface area contributed by atoms with Crippen molar-refractivity contribution in [1.29, 1.82) is 0 Å². The number of carbonyl (C=O) groups is 1. The average Bonchev–Trinajstić information content (AvgIpc) is 2.84. The van der Waals surface area contributed by atoms with Gasteiger partial charge in [-0.05, 0) is 30.3 Å². The number of ketones is 1. The highest BCUT2D eigenvalue weighted by atomic mass is 32.2. The van der Waals surface area contributed by atoms with E-state index in [1.807, 2.05) is 33.0 Å². The van der Waals surface area contributed by atoms with Gasteiger partial charge in [-0.1, -0.05) is 25.6 Å². The number of benzene rings is 1. The van der Waals surface area contributed by atoms with Crippen molar-refractivity contribution in [3.63, 3.8) is 0 Å². The van der Waals surface area contributed by atoms with Gasteiger partial charge in [-0.25, -0.2) is 0 Å². The largest absolute Gasteiger partial charge is 0.361 e. The summed E-state index contributed by atoms with van der Waals surface area (Å²) in [7, 11) is 2.03. The van der Waals surface area contributed by atoms with Crippen LogP contribution in [0, 0.1) is 4.91 Å². The number of thioether (sulfide) groups is 2. The van der Waals surface area contributed by atoms with Gasteiger partial charge in [0.1, 0.15) is 11.5 Å². The second kappa shape index (κ2) is 9.17. The van der Waals surface area contributed by atoms with E-state index in [0.29, 0.717) is 11.4 Å². The molecule has 122 valence electrons. The first-order valence-electron chi connectivity index (χ1n) is 7.23. The third-order valence-electron chi connectivity index (χ3n) is 3.20. The van der Waals surface area contributed by atoms with Crippen LogP contribution in [0.25, 0.3) is 0 Å². The summed E-state index contributed by atoms with van der Waals surface area (Å²) in [5.74, 6) is 1.54. The molecule has 1 aliphatic heterocycles. The molecule has 2 atom stereocenters. The lowest BCUT2D eigenvalue weighted by molar-refractivity contribution is -0.117. The molecule has 0 amide bonds. The van der Waals surface area contributed by atoms with Gasteiger partial charge in [-0.15, -0.1) is 4.91 Å². The Bertz CT molecular complexity index is 526. The first kappa shape index (κ1) is 19.0. The quantitative estimate of drug-likeness (QED) is 0.796. The molecule has 0 saturated heterocycles. The van der Waals surface area contributed by atoms with Crippen molar-refractivity contribution in [2.75, 3.05) is 23.5 Å². The van der Waals surface area contributed by atoms with E-state index in [4.69, 9.17) is 5.73 Å². The number of nitroso groups, excluding NO2 is 1. The second-order valence-electron chi connectivity index (χ2n) is 4.68. The van der Waals surface area contributed by atoms with Crippen molar-refractivity contribution < 1.29 is 4.79 Å². The number of hydrogen-bond donors (Lipinski definition) is 1. The average molecular weight is 342 g/mol. The molecule has 0 radical (unpaired) electrons. The van der Waals surface area contributed by atoms with Crippen LogP contribution in [0.15, 0.2) is 28.3 Å². The van der Waals surface area contributed by atoms with E-state index in [-0.39, 0.29) is 17.2 Å². The lowest BCUT2D eigenvalue weighted by atomic mass is 10.2. The number of nitrogens with two attached hydrogens (primary N) is 1. The SMILES string of the molecule is CC.CC(=O)C(N)CSCC1Sc2cc(N=O)ccc2N1C. The molecule has 0 aliphatic carbocycles. The Morgan fingerprint density at radius 3 is 2.77 bits per heavy atom. The number of hydrogen-bond acceptors (Lipinski definition) is 7. The number of rotatable bonds is 6. The van der Waals surface area contributed by atoms with E-state index < -0.39 is 0 Å². The molecule has 0 bridgehead atoms. The molecule has 2 unspecified atom stereocenters. The maximum atomic E-state index is 11.1. The molecule has 22 heavy (non-hydrogen) atoms. The van der Waals surface area contributed by atoms with E-state index in [1.54, 1.807) is 29.6 Å². The molecule has 1 heterocycles. The van der Waals surface area contributed by atoms with Gasteiger partial charge in [-0.3, -0.25) is 4.79 Å². The first-order chi connectivity index (χ1) is 10.5. The number of fused-ring (bicyclic) bond motifs is 1. The maximum Gasteiger partial charge on any atom is 0.147 e. The van der Waals surface area contributed by atoms with Crippen LogP contribution in [-0.2, 0) is 4.79 Å². The summed E-state index contributed by atoms with van der Waals surface area (Å²) in [6.07, 6.45) is 0. The standard InChI is InChI=1S/C13H17N3O2S2.C2H6/c1-8(17)10(14)6-19-7-13-16(2)11-4-3-9(15-18)5-12(11)20-13;1-2/h3-5,10,13H,6-7,14H2,1-2H3;1-2H3. The summed E-state index contributed by atoms with van der Waals surface area (Å²) < 4.78 is 0. The van der Waals surface area contributed by atoms with Crippen LogP contribution in [0.2, 0.25) is 0 Å². The summed E-state index contributed by atoms with van der Waals surface area (Å²) in [4.78, 5) is 24.9. The summed E-state index contributed by atoms with van der Waals surface area (Å²) in [5, 5.41) is 3.25. The van der Waals surface area contributed by atoms with Gasteiger partial charge < -0.3 is 10.6 Å². The van der Waals surface area contributed by atoms with Crippen LogP contribution in [0.5, 0.6) is 0 Å². The molecule has 0 spiro atoms. The highest BCUT2D eigenvalue weighted by molar-refractivity contribution is 8.03. The zero-order valence-electron chi connectivity index (χ0n) is 13.4. The fourth-order valence-electron chi connectivity index (χ4n) is 1.89. The van der Waals surface area contributed by atoms with Gasteiger partial charge in [0, 0.05) is 23.4 Å². The predicted octanol–water partition coefficient (Wildman–Crippen LogP) is 3.63. The van der Waals surface area contributed by atoms with Crippen LogP contribution in [0.4, 0.5) is 11.4 Å². The Balaban J connectivity index is 0.00000116. The van der Waals surface area contributed by atoms with E-state index in [9.17, 15) is 9.70 Å². The third kappa shape index (κ3) is 4.72. The topological polar surface area (TPSA) is 75.8 Å². The smallest absolute Gasteiger partial charge is 0.147 e. The van der Waals surface area contributed by atoms with E-state index in [0.717, 1.165) is 16.3 Å². The molecule has 1 aromatic rings. The minimum atomic E-state index is -0.384. The molecule has 2 rings (SSSR count). The number of Topliss-reactive ketones (excluding diaryl/α,β-unsaturated/α-hetero) is 1. The van der Waals surface area contributed by atoms with Crippen LogP contribution in [0.1, 0.15) is 20.8 Å². The molecule has 5 nitrogen and oxygen atoms in total. The van der Waals surface area contributed by atoms with Crippen molar-refractivity contribution in [3.8, 4) is 0 Å². The van der Waals surface area contributed by atoms with Crippen molar-refractivity contribution in [3.05, 3.63) is 23.1 Å². The first-order valence-corrected chi connectivity index (χ1v) is 9.27. The Morgan fingerprint density at radius 2 is 2.18 bits per heavy atom. The lowest BCUT2D eigenvalue weighted by Gasteiger charge is -2.21. The molecule has 1 aliphatic rings. The molecule has 0 fully saturated rings. The zero-order valence-corrected chi connectivity index (χ0v) is 15.0. The molecule has 1 aromatic carbocycles. The normalized spacial score (nSPS) is 17.3. The van der Waals surface area contributed by atoms with Gasteiger partial charge in [-0.2, -0.15) is 11.8 Å². The molecule has 0 aromatic heterocycles. The fourth-order valence-corrected chi connectivity index (χ4v) is 4.58. The minimum Gasteiger partial charge on any atom is -0.361 e. The van der Waals surface area contributed by atoms with E-state index in [1.165, 1.54) is 6.92 Å². The number of nitrogens with zero attached hydrogens (tertiary/aromatic N) is 2. The van der Waals surface area contributed by atoms with Crippen LogP contribution >= 0.6 is 23.5 Å². The minimum absolute atomic E-state index is 0.0231. The molecule has 7 heteroatoms. The lowest BCUT2D eigenvalue weighted by Crippen LogP contribution is -2.32. The summed E-state index contributed by atoms with van der Waals surface area (Å²) in [6, 6.07) is 5.08. The van der Waals surface area contributed by atoms with Crippen LogP contribution in [-0.4, -0.2) is 35.8 Å². The van der Waals surface area contributed by atoms with Crippen molar-refractivity contribution in [1.82, 2.24) is 0 Å². The van der Waals surface area contributed by atoms with Crippen molar-refractivity contribution >= 4 is 40.7 Å².